The van der Waals surface area contributed by atoms with Gasteiger partial charge in [0.15, 0.2) is 0 Å². The van der Waals surface area contributed by atoms with Crippen molar-refractivity contribution in [3.05, 3.63) is 65.5 Å². The standard InChI is InChI=1S/C23H29FN2O4S/c1-3-26(4-2)31(28,29)21-10-5-7-18(15-21)22(27)25-17-23(11-13-30-14-12-23)19-8-6-9-20(24)16-19/h5-10,15-16H,3-4,11-14,17H2,1-2H3,(H,25,27). The van der Waals surface area contributed by atoms with Crippen LogP contribution in [0.2, 0.25) is 0 Å². The summed E-state index contributed by atoms with van der Waals surface area (Å²) < 4.78 is 46.3. The van der Waals surface area contributed by atoms with Gasteiger partial charge in [0.1, 0.15) is 5.82 Å². The molecule has 8 heteroatoms. The number of nitrogens with zero attached hydrogens (tertiary/aromatic N) is 1. The first-order valence-electron chi connectivity index (χ1n) is 10.5. The van der Waals surface area contributed by atoms with E-state index in [1.54, 1.807) is 32.0 Å². The summed E-state index contributed by atoms with van der Waals surface area (Å²) in [4.78, 5) is 13.0. The van der Waals surface area contributed by atoms with E-state index in [1.807, 2.05) is 6.07 Å². The Morgan fingerprint density at radius 1 is 1.10 bits per heavy atom. The molecule has 0 atom stereocenters. The molecule has 2 aromatic carbocycles. The Morgan fingerprint density at radius 3 is 2.42 bits per heavy atom. The van der Waals surface area contributed by atoms with E-state index in [2.05, 4.69) is 5.32 Å². The fourth-order valence-corrected chi connectivity index (χ4v) is 5.51. The van der Waals surface area contributed by atoms with E-state index >= 15 is 0 Å². The summed E-state index contributed by atoms with van der Waals surface area (Å²) in [7, 11) is -3.66. The zero-order chi connectivity index (χ0) is 22.5. The van der Waals surface area contributed by atoms with Gasteiger partial charge in [-0.2, -0.15) is 4.31 Å². The molecule has 0 aromatic heterocycles. The van der Waals surface area contributed by atoms with Crippen LogP contribution in [0.4, 0.5) is 4.39 Å². The lowest BCUT2D eigenvalue weighted by molar-refractivity contribution is 0.0486. The number of amides is 1. The van der Waals surface area contributed by atoms with E-state index < -0.39 is 15.4 Å². The second-order valence-electron chi connectivity index (χ2n) is 7.70. The van der Waals surface area contributed by atoms with Crippen LogP contribution in [0.3, 0.4) is 0 Å². The first kappa shape index (κ1) is 23.4. The maximum absolute atomic E-state index is 13.9. The topological polar surface area (TPSA) is 75.7 Å². The molecular weight excluding hydrogens is 419 g/mol. The summed E-state index contributed by atoms with van der Waals surface area (Å²) >= 11 is 0. The maximum atomic E-state index is 13.9. The van der Waals surface area contributed by atoms with Gasteiger partial charge >= 0.3 is 0 Å². The monoisotopic (exact) mass is 448 g/mol. The number of benzene rings is 2. The maximum Gasteiger partial charge on any atom is 0.251 e. The van der Waals surface area contributed by atoms with Crippen molar-refractivity contribution in [2.45, 2.75) is 37.0 Å². The zero-order valence-corrected chi connectivity index (χ0v) is 18.8. The molecule has 1 aliphatic heterocycles. The fourth-order valence-electron chi connectivity index (χ4n) is 4.01. The van der Waals surface area contributed by atoms with E-state index in [1.165, 1.54) is 28.6 Å². The van der Waals surface area contributed by atoms with Gasteiger partial charge in [-0.3, -0.25) is 4.79 Å². The Bertz CT molecular complexity index is 1020. The Kier molecular flexibility index (Phi) is 7.46. The lowest BCUT2D eigenvalue weighted by Gasteiger charge is -2.38. The predicted molar refractivity (Wildman–Crippen MR) is 117 cm³/mol. The number of nitrogens with one attached hydrogen (secondary N) is 1. The molecule has 1 aliphatic rings. The van der Waals surface area contributed by atoms with E-state index in [0.717, 1.165) is 5.56 Å². The van der Waals surface area contributed by atoms with Crippen LogP contribution >= 0.6 is 0 Å². The van der Waals surface area contributed by atoms with Gasteiger partial charge in [0.25, 0.3) is 5.91 Å². The molecule has 168 valence electrons. The molecule has 1 fully saturated rings. The third-order valence-electron chi connectivity index (χ3n) is 5.91. The Hall–Kier alpha value is -2.29. The minimum Gasteiger partial charge on any atom is -0.381 e. The van der Waals surface area contributed by atoms with E-state index in [0.29, 0.717) is 45.7 Å². The number of carbonyl (C=O) groups excluding carboxylic acids is 1. The third-order valence-corrected chi connectivity index (χ3v) is 7.96. The van der Waals surface area contributed by atoms with E-state index in [9.17, 15) is 17.6 Å². The van der Waals surface area contributed by atoms with Crippen LogP contribution in [0.1, 0.15) is 42.6 Å². The molecule has 2 aromatic rings. The molecule has 1 heterocycles. The van der Waals surface area contributed by atoms with Gasteiger partial charge in [-0.1, -0.05) is 32.0 Å². The molecule has 1 N–H and O–H groups in total. The molecule has 31 heavy (non-hydrogen) atoms. The SMILES string of the molecule is CCN(CC)S(=O)(=O)c1cccc(C(=O)NCC2(c3cccc(F)c3)CCOCC2)c1. The zero-order valence-electron chi connectivity index (χ0n) is 17.9. The Morgan fingerprint density at radius 2 is 1.77 bits per heavy atom. The predicted octanol–water partition coefficient (Wildman–Crippen LogP) is 3.33. The van der Waals surface area contributed by atoms with Gasteiger partial charge in [-0.15, -0.1) is 0 Å². The minimum absolute atomic E-state index is 0.0924. The highest BCUT2D eigenvalue weighted by molar-refractivity contribution is 7.89. The average Bonchev–Trinajstić information content (AvgIpc) is 2.79. The molecule has 1 saturated heterocycles. The summed E-state index contributed by atoms with van der Waals surface area (Å²) in [6, 6.07) is 12.5. The van der Waals surface area contributed by atoms with Crippen LogP contribution in [-0.4, -0.2) is 51.5 Å². The number of carbonyl (C=O) groups is 1. The number of rotatable bonds is 8. The highest BCUT2D eigenvalue weighted by Gasteiger charge is 2.35. The highest BCUT2D eigenvalue weighted by Crippen LogP contribution is 2.34. The number of hydrogen-bond acceptors (Lipinski definition) is 4. The summed E-state index contributed by atoms with van der Waals surface area (Å²) in [6.45, 7) is 5.63. The largest absolute Gasteiger partial charge is 0.381 e. The van der Waals surface area contributed by atoms with Crippen LogP contribution < -0.4 is 5.32 Å². The first-order valence-corrected chi connectivity index (χ1v) is 12.0. The molecule has 0 saturated carbocycles. The first-order chi connectivity index (χ1) is 14.8. The number of hydrogen-bond donors (Lipinski definition) is 1. The third kappa shape index (κ3) is 5.14. The minimum atomic E-state index is -3.66. The van der Waals surface area contributed by atoms with Gasteiger partial charge in [0.05, 0.1) is 4.90 Å². The molecule has 0 spiro atoms. The molecule has 0 bridgehead atoms. The summed E-state index contributed by atoms with van der Waals surface area (Å²) in [5.41, 5.74) is 0.671. The van der Waals surface area contributed by atoms with Crippen molar-refractivity contribution >= 4 is 15.9 Å². The Balaban J connectivity index is 1.81. The van der Waals surface area contributed by atoms with Crippen LogP contribution in [0.25, 0.3) is 0 Å². The normalized spacial score (nSPS) is 16.3. The summed E-state index contributed by atoms with van der Waals surface area (Å²) in [5, 5.41) is 2.94. The molecule has 1 amide bonds. The smallest absolute Gasteiger partial charge is 0.251 e. The van der Waals surface area contributed by atoms with Crippen molar-refractivity contribution in [2.75, 3.05) is 32.8 Å². The van der Waals surface area contributed by atoms with Crippen molar-refractivity contribution in [2.24, 2.45) is 0 Å². The Labute approximate surface area is 183 Å². The van der Waals surface area contributed by atoms with Crippen LogP contribution in [0, 0.1) is 5.82 Å². The highest BCUT2D eigenvalue weighted by atomic mass is 32.2. The number of ether oxygens (including phenoxy) is 1. The summed E-state index contributed by atoms with van der Waals surface area (Å²) in [5.74, 6) is -0.678. The fraction of sp³-hybridized carbons (Fsp3) is 0.435. The van der Waals surface area contributed by atoms with E-state index in [4.69, 9.17) is 4.74 Å². The molecule has 3 rings (SSSR count). The van der Waals surface area contributed by atoms with Crippen LogP contribution in [-0.2, 0) is 20.2 Å². The van der Waals surface area contributed by atoms with E-state index in [-0.39, 0.29) is 22.2 Å². The van der Waals surface area contributed by atoms with Crippen LogP contribution in [0.15, 0.2) is 53.4 Å². The molecule has 6 nitrogen and oxygen atoms in total. The lowest BCUT2D eigenvalue weighted by Crippen LogP contribution is -2.44. The van der Waals surface area contributed by atoms with Gasteiger partial charge in [0, 0.05) is 43.8 Å². The number of sulfonamides is 1. The van der Waals surface area contributed by atoms with Crippen molar-refractivity contribution in [1.29, 1.82) is 0 Å². The molecule has 0 radical (unpaired) electrons. The van der Waals surface area contributed by atoms with Crippen molar-refractivity contribution in [3.63, 3.8) is 0 Å². The molecule has 0 unspecified atom stereocenters. The van der Waals surface area contributed by atoms with Crippen molar-refractivity contribution in [1.82, 2.24) is 9.62 Å². The van der Waals surface area contributed by atoms with Crippen molar-refractivity contribution < 1.29 is 22.3 Å². The van der Waals surface area contributed by atoms with Gasteiger partial charge in [0.2, 0.25) is 10.0 Å². The quantitative estimate of drug-likeness (QED) is 0.672. The molecule has 0 aliphatic carbocycles. The van der Waals surface area contributed by atoms with Gasteiger partial charge < -0.3 is 10.1 Å². The average molecular weight is 449 g/mol. The molecular formula is C23H29FN2O4S. The second-order valence-corrected chi connectivity index (χ2v) is 9.64. The summed E-state index contributed by atoms with van der Waals surface area (Å²) in [6.07, 6.45) is 1.32. The van der Waals surface area contributed by atoms with Gasteiger partial charge in [-0.05, 0) is 48.7 Å². The second kappa shape index (κ2) is 9.89. The van der Waals surface area contributed by atoms with Crippen molar-refractivity contribution in [3.8, 4) is 0 Å². The number of halogens is 1. The van der Waals surface area contributed by atoms with Crippen LogP contribution in [0.5, 0.6) is 0 Å². The lowest BCUT2D eigenvalue weighted by atomic mass is 9.74. The van der Waals surface area contributed by atoms with Gasteiger partial charge in [-0.25, -0.2) is 12.8 Å².